The maximum absolute atomic E-state index is 15.3. The van der Waals surface area contributed by atoms with Gasteiger partial charge < -0.3 is 10.1 Å². The van der Waals surface area contributed by atoms with Crippen molar-refractivity contribution in [1.29, 1.82) is 0 Å². The van der Waals surface area contributed by atoms with Crippen molar-refractivity contribution < 1.29 is 18.3 Å². The van der Waals surface area contributed by atoms with Gasteiger partial charge in [0.1, 0.15) is 22.0 Å². The van der Waals surface area contributed by atoms with Crippen molar-refractivity contribution in [2.75, 3.05) is 11.9 Å². The van der Waals surface area contributed by atoms with Crippen LogP contribution in [0.2, 0.25) is 0 Å². The number of alkyl halides is 1. The third-order valence-corrected chi connectivity index (χ3v) is 6.22. The molecule has 0 bridgehead atoms. The van der Waals surface area contributed by atoms with E-state index in [1.165, 1.54) is 11.3 Å². The number of aromatic nitrogens is 4. The Hall–Kier alpha value is -3.14. The van der Waals surface area contributed by atoms with Crippen LogP contribution in [0.5, 0.6) is 5.75 Å². The fourth-order valence-corrected chi connectivity index (χ4v) is 4.56. The van der Waals surface area contributed by atoms with Crippen LogP contribution in [-0.4, -0.2) is 38.9 Å². The topological polar surface area (TPSA) is 92.8 Å². The Bertz CT molecular complexity index is 1320. The lowest BCUT2D eigenvalue weighted by Crippen LogP contribution is -2.14. The Morgan fingerprint density at radius 1 is 1.35 bits per heavy atom. The molecule has 0 radical (unpaired) electrons. The standard InChI is InChI=1S/C21H19F2N5O2S/c1-3-9-15(11-8-24-28-17(11)18(16(9)23)30-4-2)13-5-6-14-20(25-13)31-21(26-14)27-19(29)10-7-12(10)22/h5-6,8,10,12H,3-4,7H2,1-2H3,(H,24,28)(H,26,27,29)/t10-,12+/m1/s1. The molecule has 7 nitrogen and oxygen atoms in total. The van der Waals surface area contributed by atoms with Crippen molar-refractivity contribution in [1.82, 2.24) is 20.2 Å². The second-order valence-corrected chi connectivity index (χ2v) is 8.31. The molecule has 0 saturated heterocycles. The molecule has 0 spiro atoms. The molecule has 4 aromatic rings. The molecule has 1 saturated carbocycles. The first kappa shape index (κ1) is 19.8. The van der Waals surface area contributed by atoms with E-state index in [0.29, 0.717) is 56.2 Å². The SMILES string of the molecule is CCOc1c(F)c(CC)c(-c2ccc3nc(NC(=O)[C@@H]4C[C@@H]4F)sc3n2)c2cn[nH]c12. The minimum atomic E-state index is -1.07. The van der Waals surface area contributed by atoms with E-state index in [0.717, 1.165) is 0 Å². The molecule has 10 heteroatoms. The lowest BCUT2D eigenvalue weighted by molar-refractivity contribution is -0.117. The molecule has 2 atom stereocenters. The van der Waals surface area contributed by atoms with Crippen molar-refractivity contribution in [2.45, 2.75) is 32.9 Å². The molecule has 2 N–H and O–H groups in total. The van der Waals surface area contributed by atoms with Crippen LogP contribution in [0.4, 0.5) is 13.9 Å². The van der Waals surface area contributed by atoms with Crippen LogP contribution in [0.15, 0.2) is 18.3 Å². The van der Waals surface area contributed by atoms with E-state index in [9.17, 15) is 9.18 Å². The summed E-state index contributed by atoms with van der Waals surface area (Å²) >= 11 is 1.20. The summed E-state index contributed by atoms with van der Waals surface area (Å²) in [5.41, 5.74) is 2.79. The van der Waals surface area contributed by atoms with E-state index in [4.69, 9.17) is 4.74 Å². The van der Waals surface area contributed by atoms with Gasteiger partial charge in [-0.05, 0) is 31.9 Å². The molecular formula is C21H19F2N5O2S. The lowest BCUT2D eigenvalue weighted by atomic mass is 9.96. The summed E-state index contributed by atoms with van der Waals surface area (Å²) in [5.74, 6) is -1.23. The first-order valence-corrected chi connectivity index (χ1v) is 10.9. The number of nitrogens with zero attached hydrogens (tertiary/aromatic N) is 3. The zero-order chi connectivity index (χ0) is 21.7. The van der Waals surface area contributed by atoms with Gasteiger partial charge in [-0.2, -0.15) is 5.10 Å². The number of pyridine rings is 1. The third-order valence-electron chi connectivity index (χ3n) is 5.34. The number of fused-ring (bicyclic) bond motifs is 2. The van der Waals surface area contributed by atoms with Crippen LogP contribution in [0.25, 0.3) is 32.5 Å². The predicted octanol–water partition coefficient (Wildman–Crippen LogP) is 4.63. The van der Waals surface area contributed by atoms with Crippen LogP contribution in [0, 0.1) is 11.7 Å². The number of amides is 1. The Morgan fingerprint density at radius 2 is 2.16 bits per heavy atom. The van der Waals surface area contributed by atoms with Gasteiger partial charge in [-0.15, -0.1) is 0 Å². The summed E-state index contributed by atoms with van der Waals surface area (Å²) in [4.78, 5) is 21.6. The van der Waals surface area contributed by atoms with Gasteiger partial charge in [0.2, 0.25) is 5.91 Å². The van der Waals surface area contributed by atoms with Crippen LogP contribution in [0.1, 0.15) is 25.8 Å². The Kier molecular flexibility index (Phi) is 4.81. The van der Waals surface area contributed by atoms with E-state index < -0.39 is 17.9 Å². The highest BCUT2D eigenvalue weighted by Gasteiger charge is 2.43. The third kappa shape index (κ3) is 3.31. The van der Waals surface area contributed by atoms with E-state index in [1.54, 1.807) is 25.3 Å². The van der Waals surface area contributed by atoms with Crippen molar-refractivity contribution in [3.05, 3.63) is 29.7 Å². The molecule has 1 amide bonds. The number of nitrogens with one attached hydrogen (secondary N) is 2. The second-order valence-electron chi connectivity index (χ2n) is 7.33. The summed E-state index contributed by atoms with van der Waals surface area (Å²) in [6.07, 6.45) is 1.26. The molecule has 1 aromatic carbocycles. The van der Waals surface area contributed by atoms with Crippen molar-refractivity contribution in [3.8, 4) is 17.0 Å². The van der Waals surface area contributed by atoms with Crippen LogP contribution in [0.3, 0.4) is 0 Å². The Labute approximate surface area is 179 Å². The number of hydrogen-bond donors (Lipinski definition) is 2. The number of carbonyl (C=O) groups excluding carboxylic acids is 1. The number of ether oxygens (including phenoxy) is 1. The van der Waals surface area contributed by atoms with Gasteiger partial charge in [-0.3, -0.25) is 9.89 Å². The fourth-order valence-electron chi connectivity index (χ4n) is 3.72. The van der Waals surface area contributed by atoms with E-state index >= 15 is 4.39 Å². The zero-order valence-corrected chi connectivity index (χ0v) is 17.6. The number of anilines is 1. The maximum atomic E-state index is 15.3. The monoisotopic (exact) mass is 443 g/mol. The number of rotatable bonds is 6. The molecule has 3 heterocycles. The van der Waals surface area contributed by atoms with Crippen LogP contribution in [-0.2, 0) is 11.2 Å². The smallest absolute Gasteiger partial charge is 0.232 e. The van der Waals surface area contributed by atoms with Gasteiger partial charge in [0, 0.05) is 16.5 Å². The van der Waals surface area contributed by atoms with Crippen molar-refractivity contribution in [2.24, 2.45) is 5.92 Å². The normalized spacial score (nSPS) is 17.9. The van der Waals surface area contributed by atoms with E-state index in [-0.39, 0.29) is 18.1 Å². The molecule has 1 fully saturated rings. The van der Waals surface area contributed by atoms with Gasteiger partial charge in [0.05, 0.1) is 24.4 Å². The van der Waals surface area contributed by atoms with Crippen LogP contribution >= 0.6 is 11.3 Å². The number of halogens is 2. The lowest BCUT2D eigenvalue weighted by Gasteiger charge is -2.14. The Morgan fingerprint density at radius 3 is 2.87 bits per heavy atom. The van der Waals surface area contributed by atoms with Gasteiger partial charge in [-0.1, -0.05) is 18.3 Å². The summed E-state index contributed by atoms with van der Waals surface area (Å²) in [7, 11) is 0. The molecule has 160 valence electrons. The Balaban J connectivity index is 1.60. The second kappa shape index (κ2) is 7.52. The molecular weight excluding hydrogens is 424 g/mol. The van der Waals surface area contributed by atoms with Gasteiger partial charge in [0.15, 0.2) is 16.7 Å². The van der Waals surface area contributed by atoms with Crippen LogP contribution < -0.4 is 10.1 Å². The highest BCUT2D eigenvalue weighted by Crippen LogP contribution is 2.40. The van der Waals surface area contributed by atoms with E-state index in [1.807, 2.05) is 6.92 Å². The minimum Gasteiger partial charge on any atom is -0.489 e. The number of thiazole rings is 1. The predicted molar refractivity (Wildman–Crippen MR) is 115 cm³/mol. The number of carbonyl (C=O) groups is 1. The minimum absolute atomic E-state index is 0.158. The van der Waals surface area contributed by atoms with E-state index in [2.05, 4.69) is 25.5 Å². The molecule has 0 unspecified atom stereocenters. The first-order valence-electron chi connectivity index (χ1n) is 10.0. The van der Waals surface area contributed by atoms with Gasteiger partial charge in [-0.25, -0.2) is 18.7 Å². The average Bonchev–Trinajstić information content (AvgIpc) is 3.13. The molecule has 1 aliphatic carbocycles. The highest BCUT2D eigenvalue weighted by molar-refractivity contribution is 7.22. The maximum Gasteiger partial charge on any atom is 0.232 e. The quantitative estimate of drug-likeness (QED) is 0.453. The number of H-pyrrole nitrogens is 1. The van der Waals surface area contributed by atoms with Crippen molar-refractivity contribution >= 4 is 43.6 Å². The molecule has 31 heavy (non-hydrogen) atoms. The fraction of sp³-hybridized carbons (Fsp3) is 0.333. The number of benzene rings is 1. The summed E-state index contributed by atoms with van der Waals surface area (Å²) in [5, 5.41) is 10.7. The first-order chi connectivity index (χ1) is 15.0. The van der Waals surface area contributed by atoms with Gasteiger partial charge in [0.25, 0.3) is 0 Å². The average molecular weight is 443 g/mol. The summed E-state index contributed by atoms with van der Waals surface area (Å²) in [6, 6.07) is 3.55. The molecule has 3 aromatic heterocycles. The van der Waals surface area contributed by atoms with Crippen molar-refractivity contribution in [3.63, 3.8) is 0 Å². The summed E-state index contributed by atoms with van der Waals surface area (Å²) < 4.78 is 34.0. The number of aromatic amines is 1. The molecule has 0 aliphatic heterocycles. The molecule has 1 aliphatic rings. The van der Waals surface area contributed by atoms with Gasteiger partial charge >= 0.3 is 0 Å². The highest BCUT2D eigenvalue weighted by atomic mass is 32.1. The number of hydrogen-bond acceptors (Lipinski definition) is 6. The largest absolute Gasteiger partial charge is 0.489 e. The zero-order valence-electron chi connectivity index (χ0n) is 16.8. The molecule has 5 rings (SSSR count). The summed E-state index contributed by atoms with van der Waals surface area (Å²) in [6.45, 7) is 4.00.